The first-order valence-corrected chi connectivity index (χ1v) is 4.83. The summed E-state index contributed by atoms with van der Waals surface area (Å²) >= 11 is 0. The van der Waals surface area contributed by atoms with Crippen LogP contribution >= 0.6 is 0 Å². The summed E-state index contributed by atoms with van der Waals surface area (Å²) in [7, 11) is 0. The maximum absolute atomic E-state index is 11.5. The van der Waals surface area contributed by atoms with Gasteiger partial charge in [-0.25, -0.2) is 0 Å². The third-order valence-corrected chi connectivity index (χ3v) is 2.39. The van der Waals surface area contributed by atoms with Gasteiger partial charge in [-0.2, -0.15) is 0 Å². The maximum Gasteiger partial charge on any atom is 0.236 e. The van der Waals surface area contributed by atoms with Crippen molar-refractivity contribution in [1.29, 1.82) is 0 Å². The van der Waals surface area contributed by atoms with Crippen molar-refractivity contribution in [3.63, 3.8) is 0 Å². The summed E-state index contributed by atoms with van der Waals surface area (Å²) in [4.78, 5) is 13.3. The number of furan rings is 1. The van der Waals surface area contributed by atoms with Gasteiger partial charge in [0, 0.05) is 6.04 Å². The minimum absolute atomic E-state index is 0.00361. The summed E-state index contributed by atoms with van der Waals surface area (Å²) in [5.74, 6) is 0.822. The first-order valence-electron chi connectivity index (χ1n) is 4.83. The van der Waals surface area contributed by atoms with Gasteiger partial charge in [-0.3, -0.25) is 4.79 Å². The van der Waals surface area contributed by atoms with Crippen LogP contribution < -0.4 is 5.73 Å². The van der Waals surface area contributed by atoms with Crippen LogP contribution in [0.15, 0.2) is 22.8 Å². The Kier molecular flexibility index (Phi) is 2.54. The molecule has 0 radical (unpaired) electrons. The van der Waals surface area contributed by atoms with Crippen molar-refractivity contribution in [2.45, 2.75) is 25.4 Å². The van der Waals surface area contributed by atoms with Crippen LogP contribution in [0.1, 0.15) is 18.6 Å². The molecule has 1 fully saturated rings. The third kappa shape index (κ3) is 1.96. The number of amides is 1. The van der Waals surface area contributed by atoms with E-state index in [9.17, 15) is 4.79 Å². The average molecular weight is 194 g/mol. The molecule has 1 heterocycles. The van der Waals surface area contributed by atoms with Crippen LogP contribution in [0.25, 0.3) is 0 Å². The minimum atomic E-state index is 0.00361. The zero-order chi connectivity index (χ0) is 9.97. The molecule has 76 valence electrons. The molecule has 1 aromatic heterocycles. The molecule has 0 unspecified atom stereocenters. The second-order valence-electron chi connectivity index (χ2n) is 3.54. The first kappa shape index (κ1) is 9.27. The molecular weight excluding hydrogens is 180 g/mol. The van der Waals surface area contributed by atoms with E-state index in [0.29, 0.717) is 12.6 Å². The molecule has 1 amide bonds. The normalized spacial score (nSPS) is 15.5. The minimum Gasteiger partial charge on any atom is -0.467 e. The van der Waals surface area contributed by atoms with Gasteiger partial charge in [0.1, 0.15) is 5.76 Å². The lowest BCUT2D eigenvalue weighted by Gasteiger charge is -2.20. The fourth-order valence-corrected chi connectivity index (χ4v) is 1.49. The van der Waals surface area contributed by atoms with Crippen molar-refractivity contribution in [2.75, 3.05) is 6.54 Å². The summed E-state index contributed by atoms with van der Waals surface area (Å²) in [6.07, 6.45) is 3.80. The van der Waals surface area contributed by atoms with Gasteiger partial charge in [-0.15, -0.1) is 0 Å². The lowest BCUT2D eigenvalue weighted by atomic mass is 10.3. The van der Waals surface area contributed by atoms with Gasteiger partial charge < -0.3 is 15.1 Å². The van der Waals surface area contributed by atoms with Crippen LogP contribution in [0.2, 0.25) is 0 Å². The molecular formula is C10H14N2O2. The number of hydrogen-bond acceptors (Lipinski definition) is 3. The van der Waals surface area contributed by atoms with Gasteiger partial charge in [0.05, 0.1) is 19.4 Å². The number of carbonyl (C=O) groups is 1. The molecule has 4 heteroatoms. The van der Waals surface area contributed by atoms with E-state index in [1.54, 1.807) is 11.2 Å². The zero-order valence-electron chi connectivity index (χ0n) is 7.98. The third-order valence-electron chi connectivity index (χ3n) is 2.39. The van der Waals surface area contributed by atoms with Crippen LogP contribution in [0, 0.1) is 0 Å². The number of nitrogens with two attached hydrogens (primary N) is 1. The Hall–Kier alpha value is -1.29. The standard InChI is InChI=1S/C10H14N2O2/c11-6-10(13)12(8-3-4-8)7-9-2-1-5-14-9/h1-2,5,8H,3-4,6-7,11H2. The van der Waals surface area contributed by atoms with Gasteiger partial charge in [0.15, 0.2) is 0 Å². The van der Waals surface area contributed by atoms with Gasteiger partial charge >= 0.3 is 0 Å². The molecule has 4 nitrogen and oxygen atoms in total. The largest absolute Gasteiger partial charge is 0.467 e. The van der Waals surface area contributed by atoms with Crippen molar-refractivity contribution < 1.29 is 9.21 Å². The number of rotatable bonds is 4. The first-order chi connectivity index (χ1) is 6.81. The molecule has 1 aliphatic rings. The van der Waals surface area contributed by atoms with E-state index in [4.69, 9.17) is 10.2 Å². The summed E-state index contributed by atoms with van der Waals surface area (Å²) in [6, 6.07) is 4.09. The fraction of sp³-hybridized carbons (Fsp3) is 0.500. The van der Waals surface area contributed by atoms with Crippen molar-refractivity contribution >= 4 is 5.91 Å². The Bertz CT molecular complexity index is 304. The molecule has 2 rings (SSSR count). The molecule has 0 aromatic carbocycles. The molecule has 2 N–H and O–H groups in total. The van der Waals surface area contributed by atoms with Crippen LogP contribution in [-0.2, 0) is 11.3 Å². The summed E-state index contributed by atoms with van der Waals surface area (Å²) in [5, 5.41) is 0. The molecule has 1 saturated carbocycles. The lowest BCUT2D eigenvalue weighted by molar-refractivity contribution is -0.131. The smallest absolute Gasteiger partial charge is 0.236 e. The van der Waals surface area contributed by atoms with E-state index in [0.717, 1.165) is 18.6 Å². The summed E-state index contributed by atoms with van der Waals surface area (Å²) in [5.41, 5.74) is 5.35. The van der Waals surface area contributed by atoms with E-state index in [-0.39, 0.29) is 12.5 Å². The number of hydrogen-bond donors (Lipinski definition) is 1. The van der Waals surface area contributed by atoms with Gasteiger partial charge in [0.25, 0.3) is 0 Å². The van der Waals surface area contributed by atoms with Crippen LogP contribution in [0.3, 0.4) is 0 Å². The SMILES string of the molecule is NCC(=O)N(Cc1ccco1)C1CC1. The van der Waals surface area contributed by atoms with Crippen LogP contribution in [0.5, 0.6) is 0 Å². The van der Waals surface area contributed by atoms with E-state index in [2.05, 4.69) is 0 Å². The van der Waals surface area contributed by atoms with E-state index >= 15 is 0 Å². The van der Waals surface area contributed by atoms with Crippen LogP contribution in [-0.4, -0.2) is 23.4 Å². The quantitative estimate of drug-likeness (QED) is 0.768. The molecule has 0 aliphatic heterocycles. The van der Waals surface area contributed by atoms with Gasteiger partial charge in [0.2, 0.25) is 5.91 Å². The Morgan fingerprint density at radius 3 is 2.93 bits per heavy atom. The average Bonchev–Trinajstić information content (AvgIpc) is 2.92. The topological polar surface area (TPSA) is 59.5 Å². The van der Waals surface area contributed by atoms with E-state index in [1.807, 2.05) is 12.1 Å². The predicted molar refractivity (Wildman–Crippen MR) is 51.3 cm³/mol. The van der Waals surface area contributed by atoms with E-state index in [1.165, 1.54) is 0 Å². The zero-order valence-corrected chi connectivity index (χ0v) is 7.98. The molecule has 1 aliphatic carbocycles. The molecule has 0 spiro atoms. The van der Waals surface area contributed by atoms with Gasteiger partial charge in [-0.05, 0) is 25.0 Å². The molecule has 0 atom stereocenters. The van der Waals surface area contributed by atoms with Crippen molar-refractivity contribution in [3.8, 4) is 0 Å². The highest BCUT2D eigenvalue weighted by atomic mass is 16.3. The summed E-state index contributed by atoms with van der Waals surface area (Å²) < 4.78 is 5.20. The molecule has 14 heavy (non-hydrogen) atoms. The Labute approximate surface area is 82.7 Å². The fourth-order valence-electron chi connectivity index (χ4n) is 1.49. The van der Waals surface area contributed by atoms with Gasteiger partial charge in [-0.1, -0.05) is 0 Å². The number of carbonyl (C=O) groups excluding carboxylic acids is 1. The second kappa shape index (κ2) is 3.84. The highest BCUT2D eigenvalue weighted by Crippen LogP contribution is 2.28. The summed E-state index contributed by atoms with van der Waals surface area (Å²) in [6.45, 7) is 0.630. The Morgan fingerprint density at radius 2 is 2.43 bits per heavy atom. The lowest BCUT2D eigenvalue weighted by Crippen LogP contribution is -2.37. The van der Waals surface area contributed by atoms with Crippen molar-refractivity contribution in [3.05, 3.63) is 24.2 Å². The predicted octanol–water partition coefficient (Wildman–Crippen LogP) is 0.729. The monoisotopic (exact) mass is 194 g/mol. The molecule has 0 saturated heterocycles. The maximum atomic E-state index is 11.5. The van der Waals surface area contributed by atoms with Crippen molar-refractivity contribution in [1.82, 2.24) is 4.90 Å². The Morgan fingerprint density at radius 1 is 1.64 bits per heavy atom. The molecule has 1 aromatic rings. The highest BCUT2D eigenvalue weighted by molar-refractivity contribution is 5.78. The van der Waals surface area contributed by atoms with E-state index < -0.39 is 0 Å². The number of nitrogens with zero attached hydrogens (tertiary/aromatic N) is 1. The Balaban J connectivity index is 2.00. The second-order valence-corrected chi connectivity index (χ2v) is 3.54. The van der Waals surface area contributed by atoms with Crippen molar-refractivity contribution in [2.24, 2.45) is 5.73 Å². The van der Waals surface area contributed by atoms with Crippen LogP contribution in [0.4, 0.5) is 0 Å². The highest BCUT2D eigenvalue weighted by Gasteiger charge is 2.32. The molecule has 0 bridgehead atoms.